The van der Waals surface area contributed by atoms with Crippen molar-refractivity contribution in [3.8, 4) is 0 Å². The fraction of sp³-hybridized carbons (Fsp3) is 0.538. The average Bonchev–Trinajstić information content (AvgIpc) is 2.47. The van der Waals surface area contributed by atoms with Crippen LogP contribution < -0.4 is 10.9 Å². The van der Waals surface area contributed by atoms with Gasteiger partial charge in [0.05, 0.1) is 16.8 Å². The molecule has 0 aliphatic carbocycles. The molecule has 0 saturated carbocycles. The minimum Gasteiger partial charge on any atom is -0.398 e. The summed E-state index contributed by atoms with van der Waals surface area (Å²) < 4.78 is 11.8. The van der Waals surface area contributed by atoms with Gasteiger partial charge in [-0.2, -0.15) is 0 Å². The van der Waals surface area contributed by atoms with E-state index >= 15 is 0 Å². The first kappa shape index (κ1) is 14.0. The van der Waals surface area contributed by atoms with E-state index < -0.39 is 18.3 Å². The molecular formula is C13H19BN2O3. The normalized spacial score (nSPS) is 20.4. The van der Waals surface area contributed by atoms with E-state index in [1.165, 1.54) is 6.92 Å². The minimum absolute atomic E-state index is 0.154. The second-order valence-corrected chi connectivity index (χ2v) is 5.72. The zero-order valence-electron chi connectivity index (χ0n) is 12.0. The Morgan fingerprint density at radius 1 is 1.21 bits per heavy atom. The number of hydrogen-bond acceptors (Lipinski definition) is 4. The molecule has 0 radical (unpaired) electrons. The molecule has 19 heavy (non-hydrogen) atoms. The maximum atomic E-state index is 11.0. The molecule has 2 heterocycles. The number of anilines is 1. The molecule has 1 amide bonds. The van der Waals surface area contributed by atoms with E-state index in [2.05, 4.69) is 10.3 Å². The van der Waals surface area contributed by atoms with Crippen LogP contribution in [-0.4, -0.2) is 29.2 Å². The highest BCUT2D eigenvalue weighted by atomic mass is 16.7. The van der Waals surface area contributed by atoms with E-state index in [0.717, 1.165) is 0 Å². The molecule has 2 rings (SSSR count). The van der Waals surface area contributed by atoms with Crippen LogP contribution in [0.5, 0.6) is 0 Å². The van der Waals surface area contributed by atoms with Crippen molar-refractivity contribution in [2.24, 2.45) is 0 Å². The second-order valence-electron chi connectivity index (χ2n) is 5.72. The van der Waals surface area contributed by atoms with Crippen LogP contribution >= 0.6 is 0 Å². The van der Waals surface area contributed by atoms with E-state index in [-0.39, 0.29) is 5.91 Å². The Bertz CT molecular complexity index is 486. The molecule has 1 N–H and O–H groups in total. The van der Waals surface area contributed by atoms with Gasteiger partial charge in [-0.3, -0.25) is 4.79 Å². The Hall–Kier alpha value is -1.40. The number of rotatable bonds is 2. The number of carbonyl (C=O) groups is 1. The number of nitrogens with one attached hydrogen (secondary N) is 1. The lowest BCUT2D eigenvalue weighted by atomic mass is 9.84. The smallest absolute Gasteiger partial charge is 0.398 e. The van der Waals surface area contributed by atoms with E-state index in [9.17, 15) is 4.79 Å². The van der Waals surface area contributed by atoms with Crippen LogP contribution in [0.3, 0.4) is 0 Å². The summed E-state index contributed by atoms with van der Waals surface area (Å²) in [6.45, 7) is 9.41. The topological polar surface area (TPSA) is 60.5 Å². The van der Waals surface area contributed by atoms with Crippen LogP contribution in [0, 0.1) is 0 Å². The van der Waals surface area contributed by atoms with Gasteiger partial charge in [0.1, 0.15) is 5.82 Å². The Kier molecular flexibility index (Phi) is 3.41. The summed E-state index contributed by atoms with van der Waals surface area (Å²) in [7, 11) is -0.515. The van der Waals surface area contributed by atoms with Gasteiger partial charge in [0.2, 0.25) is 5.91 Å². The lowest BCUT2D eigenvalue weighted by Crippen LogP contribution is -2.41. The zero-order valence-corrected chi connectivity index (χ0v) is 12.0. The first-order chi connectivity index (χ1) is 8.71. The molecule has 1 fully saturated rings. The van der Waals surface area contributed by atoms with Crippen molar-refractivity contribution < 1.29 is 14.1 Å². The number of nitrogens with zero attached hydrogens (tertiary/aromatic N) is 1. The van der Waals surface area contributed by atoms with Crippen molar-refractivity contribution in [2.45, 2.75) is 45.8 Å². The number of amides is 1. The van der Waals surface area contributed by atoms with Gasteiger partial charge in [-0.1, -0.05) is 6.07 Å². The molecule has 102 valence electrons. The van der Waals surface area contributed by atoms with Gasteiger partial charge in [0.25, 0.3) is 0 Å². The highest BCUT2D eigenvalue weighted by molar-refractivity contribution is 6.61. The van der Waals surface area contributed by atoms with E-state index in [4.69, 9.17) is 9.31 Å². The van der Waals surface area contributed by atoms with Crippen LogP contribution in [0.15, 0.2) is 18.2 Å². The molecule has 0 atom stereocenters. The third-order valence-corrected chi connectivity index (χ3v) is 3.57. The van der Waals surface area contributed by atoms with Crippen molar-refractivity contribution >= 4 is 24.4 Å². The predicted octanol–water partition coefficient (Wildman–Crippen LogP) is 1.34. The Balaban J connectivity index is 2.22. The van der Waals surface area contributed by atoms with Crippen LogP contribution in [0.1, 0.15) is 34.6 Å². The monoisotopic (exact) mass is 262 g/mol. The molecule has 0 unspecified atom stereocenters. The molecule has 0 spiro atoms. The summed E-state index contributed by atoms with van der Waals surface area (Å²) in [4.78, 5) is 15.4. The minimum atomic E-state index is -0.515. The Morgan fingerprint density at radius 2 is 1.79 bits per heavy atom. The van der Waals surface area contributed by atoms with Gasteiger partial charge in [0, 0.05) is 6.92 Å². The largest absolute Gasteiger partial charge is 0.514 e. The summed E-state index contributed by atoms with van der Waals surface area (Å²) in [5.74, 6) is 0.346. The molecule has 1 aliphatic rings. The van der Waals surface area contributed by atoms with Crippen molar-refractivity contribution in [1.82, 2.24) is 4.98 Å². The maximum absolute atomic E-state index is 11.0. The van der Waals surface area contributed by atoms with Gasteiger partial charge in [-0.15, -0.1) is 0 Å². The second kappa shape index (κ2) is 4.61. The van der Waals surface area contributed by atoms with Gasteiger partial charge in [-0.25, -0.2) is 4.98 Å². The first-order valence-corrected chi connectivity index (χ1v) is 6.31. The summed E-state index contributed by atoms with van der Waals surface area (Å²) in [5, 5.41) is 2.65. The third kappa shape index (κ3) is 2.79. The maximum Gasteiger partial charge on any atom is 0.514 e. The molecule has 1 aromatic rings. The predicted molar refractivity (Wildman–Crippen MR) is 74.3 cm³/mol. The highest BCUT2D eigenvalue weighted by Crippen LogP contribution is 2.36. The van der Waals surface area contributed by atoms with Crippen molar-refractivity contribution in [2.75, 3.05) is 5.32 Å². The molecular weight excluding hydrogens is 243 g/mol. The van der Waals surface area contributed by atoms with Gasteiger partial charge >= 0.3 is 7.12 Å². The van der Waals surface area contributed by atoms with Gasteiger partial charge in [-0.05, 0) is 39.8 Å². The zero-order chi connectivity index (χ0) is 14.3. The number of hydrogen-bond donors (Lipinski definition) is 1. The SMILES string of the molecule is CC(=O)Nc1cccc(B2OC(C)(C)C(C)(C)O2)n1. The van der Waals surface area contributed by atoms with Gasteiger partial charge < -0.3 is 14.6 Å². The Morgan fingerprint density at radius 3 is 2.32 bits per heavy atom. The molecule has 0 aromatic carbocycles. The third-order valence-electron chi connectivity index (χ3n) is 3.57. The standard InChI is InChI=1S/C13H19BN2O3/c1-9(17)15-11-8-6-7-10(16-11)14-18-12(2,3)13(4,5)19-14/h6-8H,1-5H3,(H,15,16,17). The lowest BCUT2D eigenvalue weighted by Gasteiger charge is -2.32. The van der Waals surface area contributed by atoms with Crippen molar-refractivity contribution in [1.29, 1.82) is 0 Å². The van der Waals surface area contributed by atoms with E-state index in [0.29, 0.717) is 11.4 Å². The van der Waals surface area contributed by atoms with E-state index in [1.807, 2.05) is 39.8 Å². The van der Waals surface area contributed by atoms with Crippen molar-refractivity contribution in [3.63, 3.8) is 0 Å². The van der Waals surface area contributed by atoms with E-state index in [1.54, 1.807) is 6.07 Å². The summed E-state index contributed by atoms with van der Waals surface area (Å²) in [5.41, 5.74) is -0.142. The highest BCUT2D eigenvalue weighted by Gasteiger charge is 2.52. The summed E-state index contributed by atoms with van der Waals surface area (Å²) in [6.07, 6.45) is 0. The fourth-order valence-corrected chi connectivity index (χ4v) is 1.80. The number of pyridine rings is 1. The van der Waals surface area contributed by atoms with Crippen LogP contribution in [-0.2, 0) is 14.1 Å². The average molecular weight is 262 g/mol. The molecule has 1 aromatic heterocycles. The van der Waals surface area contributed by atoms with Crippen LogP contribution in [0.4, 0.5) is 5.82 Å². The van der Waals surface area contributed by atoms with Crippen LogP contribution in [0.25, 0.3) is 0 Å². The van der Waals surface area contributed by atoms with Crippen molar-refractivity contribution in [3.05, 3.63) is 18.2 Å². The summed E-state index contributed by atoms with van der Waals surface area (Å²) >= 11 is 0. The molecule has 1 saturated heterocycles. The molecule has 1 aliphatic heterocycles. The first-order valence-electron chi connectivity index (χ1n) is 6.31. The fourth-order valence-electron chi connectivity index (χ4n) is 1.80. The number of carbonyl (C=O) groups excluding carboxylic acids is 1. The quantitative estimate of drug-likeness (QED) is 0.817. The lowest BCUT2D eigenvalue weighted by molar-refractivity contribution is -0.114. The van der Waals surface area contributed by atoms with Gasteiger partial charge in [0.15, 0.2) is 0 Å². The molecule has 0 bridgehead atoms. The molecule has 5 nitrogen and oxygen atoms in total. The Labute approximate surface area is 113 Å². The van der Waals surface area contributed by atoms with Crippen LogP contribution in [0.2, 0.25) is 0 Å². The summed E-state index contributed by atoms with van der Waals surface area (Å²) in [6, 6.07) is 5.38. The molecule has 6 heteroatoms. The number of aromatic nitrogens is 1.